The monoisotopic (exact) mass is 559 g/mol. The summed E-state index contributed by atoms with van der Waals surface area (Å²) in [7, 11) is 0. The van der Waals surface area contributed by atoms with Crippen LogP contribution in [-0.2, 0) is 48.3 Å². The molecule has 0 aromatic heterocycles. The van der Waals surface area contributed by atoms with Gasteiger partial charge in [0.1, 0.15) is 0 Å². The van der Waals surface area contributed by atoms with Crippen molar-refractivity contribution in [2.24, 2.45) is 0 Å². The predicted octanol–water partition coefficient (Wildman–Crippen LogP) is 3.90. The molecule has 2 atom stereocenters. The van der Waals surface area contributed by atoms with E-state index in [0.717, 1.165) is 36.1 Å². The average Bonchev–Trinajstić information content (AvgIpc) is 3.39. The molecule has 40 heavy (non-hydrogen) atoms. The predicted molar refractivity (Wildman–Crippen MR) is 145 cm³/mol. The lowest BCUT2D eigenvalue weighted by atomic mass is 9.99. The van der Waals surface area contributed by atoms with Crippen molar-refractivity contribution in [3.63, 3.8) is 0 Å². The van der Waals surface area contributed by atoms with Gasteiger partial charge in [0.15, 0.2) is 0 Å². The number of benzene rings is 3. The fraction of sp³-hybridized carbons (Fsp3) is 0.233. The number of nitrogens with one attached hydrogen (secondary N) is 1. The standard InChI is InChI=1S/C30H26ClN3O6/c1-18(35)39-27(28(40-19(2)36)30(38)34-16-23-7-5-9-26(31)25(23)17-34)29(37)33-15-20-10-12-21(13-11-20)24-8-4-3-6-22(24)14-32/h3-13,27-28H,15-17H2,1-2H3,(H,33,37)/t27-,28-/m1/s1. The fourth-order valence-electron chi connectivity index (χ4n) is 4.49. The maximum absolute atomic E-state index is 13.5. The molecule has 1 N–H and O–H groups in total. The maximum atomic E-state index is 13.5. The summed E-state index contributed by atoms with van der Waals surface area (Å²) in [4.78, 5) is 52.0. The number of rotatable bonds is 8. The third kappa shape index (κ3) is 6.47. The van der Waals surface area contributed by atoms with E-state index >= 15 is 0 Å². The van der Waals surface area contributed by atoms with Crippen LogP contribution in [0.1, 0.15) is 36.1 Å². The van der Waals surface area contributed by atoms with Crippen LogP contribution in [0.15, 0.2) is 66.7 Å². The summed E-state index contributed by atoms with van der Waals surface area (Å²) in [5.74, 6) is -3.13. The second-order valence-corrected chi connectivity index (χ2v) is 9.61. The Kier molecular flexibility index (Phi) is 8.82. The van der Waals surface area contributed by atoms with Crippen molar-refractivity contribution in [2.45, 2.75) is 45.7 Å². The smallest absolute Gasteiger partial charge is 0.303 e. The van der Waals surface area contributed by atoms with Crippen LogP contribution in [0.4, 0.5) is 0 Å². The van der Waals surface area contributed by atoms with E-state index in [2.05, 4.69) is 11.4 Å². The molecule has 1 aliphatic rings. The molecule has 4 rings (SSSR count). The number of hydrogen-bond donors (Lipinski definition) is 1. The Balaban J connectivity index is 1.50. The van der Waals surface area contributed by atoms with Gasteiger partial charge in [-0.15, -0.1) is 0 Å². The Morgan fingerprint density at radius 2 is 1.60 bits per heavy atom. The third-order valence-corrected chi connectivity index (χ3v) is 6.73. The van der Waals surface area contributed by atoms with Crippen molar-refractivity contribution in [3.8, 4) is 17.2 Å². The molecule has 3 aromatic rings. The van der Waals surface area contributed by atoms with Gasteiger partial charge < -0.3 is 19.7 Å². The van der Waals surface area contributed by atoms with Gasteiger partial charge in [0, 0.05) is 38.5 Å². The van der Waals surface area contributed by atoms with E-state index in [4.69, 9.17) is 21.1 Å². The quantitative estimate of drug-likeness (QED) is 0.415. The number of fused-ring (bicyclic) bond motifs is 1. The second-order valence-electron chi connectivity index (χ2n) is 9.20. The van der Waals surface area contributed by atoms with E-state index in [1.54, 1.807) is 36.4 Å². The highest BCUT2D eigenvalue weighted by atomic mass is 35.5. The summed E-state index contributed by atoms with van der Waals surface area (Å²) in [5.41, 5.74) is 4.46. The molecular weight excluding hydrogens is 534 g/mol. The van der Waals surface area contributed by atoms with Crippen molar-refractivity contribution in [1.82, 2.24) is 10.2 Å². The molecule has 0 spiro atoms. The van der Waals surface area contributed by atoms with E-state index < -0.39 is 36.0 Å². The van der Waals surface area contributed by atoms with Gasteiger partial charge in [0.05, 0.1) is 11.6 Å². The number of nitrogens with zero attached hydrogens (tertiary/aromatic N) is 2. The van der Waals surface area contributed by atoms with E-state index in [-0.39, 0.29) is 19.6 Å². The van der Waals surface area contributed by atoms with Gasteiger partial charge in [0.25, 0.3) is 11.8 Å². The summed E-state index contributed by atoms with van der Waals surface area (Å²) in [5, 5.41) is 12.5. The van der Waals surface area contributed by atoms with Gasteiger partial charge in [0.2, 0.25) is 12.2 Å². The molecule has 0 bridgehead atoms. The van der Waals surface area contributed by atoms with Gasteiger partial charge in [-0.25, -0.2) is 0 Å². The number of esters is 2. The van der Waals surface area contributed by atoms with Crippen molar-refractivity contribution >= 4 is 35.4 Å². The van der Waals surface area contributed by atoms with Crippen LogP contribution in [0.5, 0.6) is 0 Å². The van der Waals surface area contributed by atoms with Crippen LogP contribution in [0, 0.1) is 11.3 Å². The zero-order valence-corrected chi connectivity index (χ0v) is 22.6. The summed E-state index contributed by atoms with van der Waals surface area (Å²) >= 11 is 6.27. The first-order valence-corrected chi connectivity index (χ1v) is 12.8. The minimum Gasteiger partial charge on any atom is -0.448 e. The topological polar surface area (TPSA) is 126 Å². The molecule has 0 unspecified atom stereocenters. The number of ether oxygens (including phenoxy) is 2. The zero-order chi connectivity index (χ0) is 28.8. The van der Waals surface area contributed by atoms with Crippen LogP contribution in [0.3, 0.4) is 0 Å². The fourth-order valence-corrected chi connectivity index (χ4v) is 4.75. The Morgan fingerprint density at radius 1 is 0.925 bits per heavy atom. The largest absolute Gasteiger partial charge is 0.448 e. The molecule has 0 aliphatic carbocycles. The lowest BCUT2D eigenvalue weighted by Gasteiger charge is -2.28. The van der Waals surface area contributed by atoms with Crippen LogP contribution in [-0.4, -0.2) is 40.9 Å². The van der Waals surface area contributed by atoms with Gasteiger partial charge >= 0.3 is 11.9 Å². The number of amides is 2. The molecule has 0 radical (unpaired) electrons. The first-order chi connectivity index (χ1) is 19.2. The number of carbonyl (C=O) groups is 4. The molecule has 0 saturated heterocycles. The summed E-state index contributed by atoms with van der Waals surface area (Å²) in [6.45, 7) is 2.59. The molecule has 204 valence electrons. The minimum atomic E-state index is -1.71. The first kappa shape index (κ1) is 28.3. The number of carbonyl (C=O) groups excluding carboxylic acids is 4. The van der Waals surface area contributed by atoms with Gasteiger partial charge in [-0.1, -0.05) is 66.2 Å². The van der Waals surface area contributed by atoms with E-state index in [0.29, 0.717) is 16.1 Å². The Bertz CT molecular complexity index is 1500. The highest BCUT2D eigenvalue weighted by Gasteiger charge is 2.42. The number of nitriles is 1. The minimum absolute atomic E-state index is 0.0442. The van der Waals surface area contributed by atoms with Crippen LogP contribution >= 0.6 is 11.6 Å². The normalized spacial score (nSPS) is 13.4. The van der Waals surface area contributed by atoms with E-state index in [1.165, 1.54) is 4.90 Å². The lowest BCUT2D eigenvalue weighted by Crippen LogP contribution is -2.53. The van der Waals surface area contributed by atoms with Crippen molar-refractivity contribution < 1.29 is 28.7 Å². The molecule has 0 saturated carbocycles. The van der Waals surface area contributed by atoms with Gasteiger partial charge in [-0.2, -0.15) is 5.26 Å². The molecule has 10 heteroatoms. The third-order valence-electron chi connectivity index (χ3n) is 6.38. The van der Waals surface area contributed by atoms with Gasteiger partial charge in [-0.05, 0) is 39.9 Å². The maximum Gasteiger partial charge on any atom is 0.303 e. The highest BCUT2D eigenvalue weighted by molar-refractivity contribution is 6.31. The molecule has 0 fully saturated rings. The molecule has 1 heterocycles. The van der Waals surface area contributed by atoms with E-state index in [1.807, 2.05) is 30.3 Å². The Labute approximate surface area is 236 Å². The molecule has 1 aliphatic heterocycles. The van der Waals surface area contributed by atoms with Gasteiger partial charge in [-0.3, -0.25) is 19.2 Å². The SMILES string of the molecule is CC(=O)O[C@@H](C(=O)NCc1ccc(-c2ccccc2C#N)cc1)[C@@H](OC(C)=O)C(=O)N1Cc2cccc(Cl)c2C1. The van der Waals surface area contributed by atoms with E-state index in [9.17, 15) is 24.4 Å². The highest BCUT2D eigenvalue weighted by Crippen LogP contribution is 2.30. The van der Waals surface area contributed by atoms with Crippen LogP contribution in [0.2, 0.25) is 5.02 Å². The summed E-state index contributed by atoms with van der Waals surface area (Å²) in [6.07, 6.45) is -3.41. The molecule has 9 nitrogen and oxygen atoms in total. The zero-order valence-electron chi connectivity index (χ0n) is 21.8. The van der Waals surface area contributed by atoms with Crippen molar-refractivity contribution in [2.75, 3.05) is 0 Å². The number of halogens is 1. The lowest BCUT2D eigenvalue weighted by molar-refractivity contribution is -0.178. The number of hydrogen-bond acceptors (Lipinski definition) is 7. The summed E-state index contributed by atoms with van der Waals surface area (Å²) < 4.78 is 10.5. The van der Waals surface area contributed by atoms with Crippen LogP contribution in [0.25, 0.3) is 11.1 Å². The first-order valence-electron chi connectivity index (χ1n) is 12.4. The second kappa shape index (κ2) is 12.5. The molecular formula is C30H26ClN3O6. The van der Waals surface area contributed by atoms with Crippen LogP contribution < -0.4 is 5.32 Å². The Hall–Kier alpha value is -4.68. The average molecular weight is 560 g/mol. The van der Waals surface area contributed by atoms with Crippen molar-refractivity contribution in [3.05, 3.63) is 94.0 Å². The Morgan fingerprint density at radius 3 is 2.25 bits per heavy atom. The van der Waals surface area contributed by atoms with Crippen molar-refractivity contribution in [1.29, 1.82) is 5.26 Å². The molecule has 2 amide bonds. The summed E-state index contributed by atoms with van der Waals surface area (Å²) in [6, 6.07) is 21.9. The molecule has 3 aromatic carbocycles.